The van der Waals surface area contributed by atoms with Gasteiger partial charge in [-0.3, -0.25) is 0 Å². The quantitative estimate of drug-likeness (QED) is 0.184. The highest BCUT2D eigenvalue weighted by Gasteiger charge is 2.50. The fraction of sp³-hybridized carbons (Fsp3) is 0.0208. The van der Waals surface area contributed by atoms with Crippen LogP contribution in [0, 0.1) is 0 Å². The highest BCUT2D eigenvalue weighted by Crippen LogP contribution is 2.63. The molecule has 1 spiro atoms. The molecule has 0 saturated carbocycles. The molecule has 2 aromatic heterocycles. The Bertz CT molecular complexity index is 2730. The minimum Gasteiger partial charge on any atom is -0.248 e. The number of nitrogens with zero attached hydrogens (tertiary/aromatic N) is 1. The highest BCUT2D eigenvalue weighted by atomic mass is 32.2. The number of aromatic nitrogens is 1. The topological polar surface area (TPSA) is 12.9 Å². The smallest absolute Gasteiger partial charge is 0.0735 e. The van der Waals surface area contributed by atoms with Gasteiger partial charge >= 0.3 is 0 Å². The summed E-state index contributed by atoms with van der Waals surface area (Å²) in [4.78, 5) is 8.00. The molecule has 2 aliphatic rings. The van der Waals surface area contributed by atoms with E-state index in [-0.39, 0.29) is 5.41 Å². The van der Waals surface area contributed by atoms with E-state index in [0.29, 0.717) is 0 Å². The molecule has 3 heterocycles. The van der Waals surface area contributed by atoms with E-state index in [9.17, 15) is 0 Å². The molecule has 0 N–H and O–H groups in total. The molecule has 0 bridgehead atoms. The largest absolute Gasteiger partial charge is 0.248 e. The number of fused-ring (bicyclic) bond motifs is 12. The average Bonchev–Trinajstić information content (AvgIpc) is 3.71. The van der Waals surface area contributed by atoms with E-state index in [1.165, 1.54) is 80.0 Å². The maximum atomic E-state index is 5.36. The standard InChI is InChI=1S/C48H29NS2/c1-3-14-30(15-4-1)32-26-41(31-16-5-2-6-17-31)49-42(27-32)35-20-13-25-44-47(35)36-28-46-40(29-45(36)51-44)48(39-23-11-12-24-43(39)50-46)37-21-9-7-18-33(37)34-19-8-10-22-38(34)48/h1-29H. The summed E-state index contributed by atoms with van der Waals surface area (Å²) in [6, 6.07) is 64.6. The Kier molecular flexibility index (Phi) is 6.34. The van der Waals surface area contributed by atoms with Gasteiger partial charge in [0, 0.05) is 41.1 Å². The molecule has 3 heteroatoms. The van der Waals surface area contributed by atoms with Crippen molar-refractivity contribution in [1.29, 1.82) is 0 Å². The van der Waals surface area contributed by atoms with Crippen molar-refractivity contribution >= 4 is 43.3 Å². The van der Waals surface area contributed by atoms with E-state index in [4.69, 9.17) is 4.98 Å². The third kappa shape index (κ3) is 4.20. The molecule has 11 rings (SSSR count). The monoisotopic (exact) mass is 683 g/mol. The molecule has 0 fully saturated rings. The number of hydrogen-bond acceptors (Lipinski definition) is 3. The van der Waals surface area contributed by atoms with Crippen LogP contribution in [0.15, 0.2) is 186 Å². The van der Waals surface area contributed by atoms with E-state index in [1.54, 1.807) is 0 Å². The van der Waals surface area contributed by atoms with Crippen molar-refractivity contribution in [3.63, 3.8) is 0 Å². The van der Waals surface area contributed by atoms with Gasteiger partial charge in [0.2, 0.25) is 0 Å². The van der Waals surface area contributed by atoms with Gasteiger partial charge in [-0.1, -0.05) is 151 Å². The van der Waals surface area contributed by atoms with Crippen LogP contribution >= 0.6 is 23.1 Å². The number of pyridine rings is 1. The Labute approximate surface area is 304 Å². The Morgan fingerprint density at radius 1 is 0.392 bits per heavy atom. The minimum atomic E-state index is -0.381. The lowest BCUT2D eigenvalue weighted by Crippen LogP contribution is -2.31. The molecule has 0 atom stereocenters. The van der Waals surface area contributed by atoms with Crippen LogP contribution in [0.1, 0.15) is 22.3 Å². The number of hydrogen-bond donors (Lipinski definition) is 0. The van der Waals surface area contributed by atoms with Crippen molar-refractivity contribution in [2.24, 2.45) is 0 Å². The summed E-state index contributed by atoms with van der Waals surface area (Å²) in [6.45, 7) is 0. The zero-order valence-electron chi connectivity index (χ0n) is 27.5. The molecule has 238 valence electrons. The summed E-state index contributed by atoms with van der Waals surface area (Å²) >= 11 is 3.80. The molecule has 0 saturated heterocycles. The van der Waals surface area contributed by atoms with Gasteiger partial charge in [0.1, 0.15) is 0 Å². The number of benzene rings is 7. The maximum absolute atomic E-state index is 5.36. The summed E-state index contributed by atoms with van der Waals surface area (Å²) in [5, 5.41) is 2.57. The number of thiophene rings is 1. The van der Waals surface area contributed by atoms with Crippen LogP contribution in [0.3, 0.4) is 0 Å². The second kappa shape index (κ2) is 11.1. The van der Waals surface area contributed by atoms with Crippen molar-refractivity contribution in [3.05, 3.63) is 198 Å². The van der Waals surface area contributed by atoms with Crippen LogP contribution < -0.4 is 0 Å². The van der Waals surface area contributed by atoms with Gasteiger partial charge in [0.05, 0.1) is 16.8 Å². The third-order valence-electron chi connectivity index (χ3n) is 10.7. The molecule has 9 aromatic rings. The normalized spacial score (nSPS) is 13.6. The molecule has 1 nitrogen and oxygen atoms in total. The van der Waals surface area contributed by atoms with Gasteiger partial charge in [0.25, 0.3) is 0 Å². The van der Waals surface area contributed by atoms with Gasteiger partial charge < -0.3 is 0 Å². The molecule has 51 heavy (non-hydrogen) atoms. The zero-order valence-corrected chi connectivity index (χ0v) is 29.1. The molecule has 0 amide bonds. The lowest BCUT2D eigenvalue weighted by molar-refractivity contribution is 0.724. The first-order chi connectivity index (χ1) is 25.3. The first-order valence-corrected chi connectivity index (χ1v) is 19.0. The SMILES string of the molecule is c1ccc(-c2cc(-c3ccccc3)nc(-c3cccc4sc5cc6c(cc5c34)Sc3ccccc3C63c4ccccc4-c4ccccc43)c2)cc1. The van der Waals surface area contributed by atoms with E-state index >= 15 is 0 Å². The number of rotatable bonds is 3. The second-order valence-corrected chi connectivity index (χ2v) is 15.6. The summed E-state index contributed by atoms with van der Waals surface area (Å²) in [6.07, 6.45) is 0. The molecule has 1 aliphatic carbocycles. The Morgan fingerprint density at radius 2 is 1.00 bits per heavy atom. The minimum absolute atomic E-state index is 0.381. The van der Waals surface area contributed by atoms with Gasteiger partial charge in [-0.15, -0.1) is 11.3 Å². The third-order valence-corrected chi connectivity index (χ3v) is 13.0. The Balaban J connectivity index is 1.19. The van der Waals surface area contributed by atoms with Crippen LogP contribution in [0.4, 0.5) is 0 Å². The lowest BCUT2D eigenvalue weighted by Gasteiger charge is -2.39. The van der Waals surface area contributed by atoms with Gasteiger partial charge in [0.15, 0.2) is 0 Å². The molecular weight excluding hydrogens is 655 g/mol. The zero-order chi connectivity index (χ0) is 33.5. The van der Waals surface area contributed by atoms with Crippen molar-refractivity contribution in [3.8, 4) is 44.8 Å². The van der Waals surface area contributed by atoms with Crippen LogP contribution in [0.5, 0.6) is 0 Å². The van der Waals surface area contributed by atoms with Crippen LogP contribution in [-0.2, 0) is 5.41 Å². The second-order valence-electron chi connectivity index (χ2n) is 13.4. The Morgan fingerprint density at radius 3 is 1.75 bits per heavy atom. The van der Waals surface area contributed by atoms with Crippen molar-refractivity contribution in [2.75, 3.05) is 0 Å². The van der Waals surface area contributed by atoms with Crippen LogP contribution in [-0.4, -0.2) is 4.98 Å². The predicted octanol–water partition coefficient (Wildman–Crippen LogP) is 13.3. The van der Waals surface area contributed by atoms with E-state index in [2.05, 4.69) is 176 Å². The summed E-state index contributed by atoms with van der Waals surface area (Å²) in [5.74, 6) is 0. The fourth-order valence-electron chi connectivity index (χ4n) is 8.61. The first-order valence-electron chi connectivity index (χ1n) is 17.4. The fourth-order valence-corrected chi connectivity index (χ4v) is 11.0. The van der Waals surface area contributed by atoms with Gasteiger partial charge in [-0.25, -0.2) is 4.98 Å². The van der Waals surface area contributed by atoms with Gasteiger partial charge in [-0.2, -0.15) is 0 Å². The van der Waals surface area contributed by atoms with E-state index in [1.807, 2.05) is 23.1 Å². The Hall–Kier alpha value is -5.74. The average molecular weight is 684 g/mol. The van der Waals surface area contributed by atoms with Crippen molar-refractivity contribution in [1.82, 2.24) is 4.98 Å². The van der Waals surface area contributed by atoms with E-state index < -0.39 is 0 Å². The summed E-state index contributed by atoms with van der Waals surface area (Å²) in [5.41, 5.74) is 14.4. The molecular formula is C48H29NS2. The molecule has 1 aliphatic heterocycles. The molecule has 0 unspecified atom stereocenters. The first kappa shape index (κ1) is 29.0. The molecule has 0 radical (unpaired) electrons. The van der Waals surface area contributed by atoms with Crippen LogP contribution in [0.2, 0.25) is 0 Å². The maximum Gasteiger partial charge on any atom is 0.0735 e. The summed E-state index contributed by atoms with van der Waals surface area (Å²) in [7, 11) is 0. The van der Waals surface area contributed by atoms with Crippen molar-refractivity contribution < 1.29 is 0 Å². The summed E-state index contributed by atoms with van der Waals surface area (Å²) < 4.78 is 2.58. The highest BCUT2D eigenvalue weighted by molar-refractivity contribution is 7.99. The van der Waals surface area contributed by atoms with Gasteiger partial charge in [-0.05, 0) is 80.9 Å². The lowest BCUT2D eigenvalue weighted by atomic mass is 9.67. The van der Waals surface area contributed by atoms with Crippen LogP contribution in [0.25, 0.3) is 64.9 Å². The van der Waals surface area contributed by atoms with Crippen molar-refractivity contribution in [2.45, 2.75) is 15.2 Å². The predicted molar refractivity (Wildman–Crippen MR) is 215 cm³/mol. The van der Waals surface area contributed by atoms with E-state index in [0.717, 1.165) is 17.0 Å². The molecule has 7 aromatic carbocycles.